The fraction of sp³-hybridized carbons (Fsp3) is 0.0588. The molecule has 0 saturated heterocycles. The highest BCUT2D eigenvalue weighted by Crippen LogP contribution is 2.31. The fourth-order valence-corrected chi connectivity index (χ4v) is 2.77. The first-order chi connectivity index (χ1) is 11.2. The van der Waals surface area contributed by atoms with Crippen LogP contribution >= 0.6 is 0 Å². The SMILES string of the molecule is O=C1c2nnn(Cc3ccccc3)c2C(=O)c2cccc(O)c21. The first kappa shape index (κ1) is 13.4. The van der Waals surface area contributed by atoms with Gasteiger partial charge < -0.3 is 5.11 Å². The average Bonchev–Trinajstić information content (AvgIpc) is 2.97. The van der Waals surface area contributed by atoms with Gasteiger partial charge in [-0.25, -0.2) is 4.68 Å². The molecule has 0 bridgehead atoms. The topological polar surface area (TPSA) is 85.1 Å². The standard InChI is InChI=1S/C17H11N3O3/c21-12-8-4-7-11-13(12)17(23)14-15(16(11)22)20(19-18-14)9-10-5-2-1-3-6-10/h1-8,21H,9H2. The van der Waals surface area contributed by atoms with Crippen LogP contribution in [0.15, 0.2) is 48.5 Å². The minimum atomic E-state index is -0.480. The molecule has 1 aromatic heterocycles. The Labute approximate surface area is 131 Å². The summed E-state index contributed by atoms with van der Waals surface area (Å²) in [6, 6.07) is 13.9. The number of phenols is 1. The molecular formula is C17H11N3O3. The van der Waals surface area contributed by atoms with E-state index in [4.69, 9.17) is 0 Å². The highest BCUT2D eigenvalue weighted by Gasteiger charge is 2.36. The van der Waals surface area contributed by atoms with Crippen molar-refractivity contribution in [3.05, 3.63) is 76.6 Å². The van der Waals surface area contributed by atoms with Gasteiger partial charge in [0.25, 0.3) is 0 Å². The Hall–Kier alpha value is -3.28. The Morgan fingerprint density at radius 2 is 1.74 bits per heavy atom. The fourth-order valence-electron chi connectivity index (χ4n) is 2.77. The van der Waals surface area contributed by atoms with Crippen molar-refractivity contribution in [1.29, 1.82) is 0 Å². The zero-order valence-electron chi connectivity index (χ0n) is 11.9. The summed E-state index contributed by atoms with van der Waals surface area (Å²) < 4.78 is 1.43. The highest BCUT2D eigenvalue weighted by atomic mass is 16.3. The second-order valence-electron chi connectivity index (χ2n) is 5.29. The van der Waals surface area contributed by atoms with Crippen LogP contribution in [0.3, 0.4) is 0 Å². The third-order valence-corrected chi connectivity index (χ3v) is 3.85. The summed E-state index contributed by atoms with van der Waals surface area (Å²) in [6.07, 6.45) is 0. The molecule has 0 fully saturated rings. The predicted octanol–water partition coefficient (Wildman–Crippen LogP) is 1.81. The van der Waals surface area contributed by atoms with E-state index in [-0.39, 0.29) is 34.0 Å². The van der Waals surface area contributed by atoms with Crippen molar-refractivity contribution >= 4 is 11.6 Å². The summed E-state index contributed by atoms with van der Waals surface area (Å²) in [5.41, 5.74) is 1.27. The van der Waals surface area contributed by atoms with E-state index in [0.717, 1.165) is 5.56 Å². The van der Waals surface area contributed by atoms with Gasteiger partial charge in [0.05, 0.1) is 12.1 Å². The Morgan fingerprint density at radius 3 is 2.52 bits per heavy atom. The Kier molecular flexibility index (Phi) is 2.84. The van der Waals surface area contributed by atoms with Crippen molar-refractivity contribution in [3.8, 4) is 5.75 Å². The van der Waals surface area contributed by atoms with E-state index < -0.39 is 5.78 Å². The van der Waals surface area contributed by atoms with E-state index in [1.54, 1.807) is 0 Å². The minimum absolute atomic E-state index is 0.00300. The molecule has 0 radical (unpaired) electrons. The maximum Gasteiger partial charge on any atom is 0.220 e. The molecule has 112 valence electrons. The number of aromatic hydroxyl groups is 1. The predicted molar refractivity (Wildman–Crippen MR) is 80.5 cm³/mol. The molecule has 2 aromatic carbocycles. The van der Waals surface area contributed by atoms with Crippen molar-refractivity contribution < 1.29 is 14.7 Å². The van der Waals surface area contributed by atoms with Crippen LogP contribution in [0.25, 0.3) is 0 Å². The van der Waals surface area contributed by atoms with Gasteiger partial charge in [-0.3, -0.25) is 9.59 Å². The molecule has 0 amide bonds. The number of carbonyl (C=O) groups excluding carboxylic acids is 2. The van der Waals surface area contributed by atoms with Crippen molar-refractivity contribution in [1.82, 2.24) is 15.0 Å². The number of fused-ring (bicyclic) bond motifs is 2. The molecule has 0 spiro atoms. The lowest BCUT2D eigenvalue weighted by atomic mass is 9.89. The van der Waals surface area contributed by atoms with Crippen LogP contribution in [0.2, 0.25) is 0 Å². The molecule has 0 unspecified atom stereocenters. The van der Waals surface area contributed by atoms with E-state index in [1.165, 1.54) is 22.9 Å². The van der Waals surface area contributed by atoms with Crippen LogP contribution in [0.5, 0.6) is 5.75 Å². The first-order valence-electron chi connectivity index (χ1n) is 7.05. The molecule has 0 aliphatic heterocycles. The summed E-state index contributed by atoms with van der Waals surface area (Å²) in [5, 5.41) is 17.7. The van der Waals surface area contributed by atoms with Gasteiger partial charge in [-0.2, -0.15) is 0 Å². The molecule has 1 aliphatic carbocycles. The summed E-state index contributed by atoms with van der Waals surface area (Å²) in [6.45, 7) is 0.344. The van der Waals surface area contributed by atoms with Crippen molar-refractivity contribution in [2.75, 3.05) is 0 Å². The van der Waals surface area contributed by atoms with Crippen molar-refractivity contribution in [3.63, 3.8) is 0 Å². The smallest absolute Gasteiger partial charge is 0.220 e. The molecule has 1 N–H and O–H groups in total. The molecule has 4 rings (SSSR count). The van der Waals surface area contributed by atoms with Crippen LogP contribution in [-0.2, 0) is 6.54 Å². The van der Waals surface area contributed by atoms with E-state index in [9.17, 15) is 14.7 Å². The first-order valence-corrected chi connectivity index (χ1v) is 7.05. The zero-order valence-corrected chi connectivity index (χ0v) is 11.9. The normalized spacial score (nSPS) is 12.9. The number of hydrogen-bond donors (Lipinski definition) is 1. The lowest BCUT2D eigenvalue weighted by Gasteiger charge is -2.15. The van der Waals surface area contributed by atoms with Gasteiger partial charge in [0.1, 0.15) is 11.4 Å². The van der Waals surface area contributed by atoms with Gasteiger partial charge in [0.15, 0.2) is 5.69 Å². The van der Waals surface area contributed by atoms with Gasteiger partial charge in [-0.15, -0.1) is 5.10 Å². The molecule has 0 saturated carbocycles. The largest absolute Gasteiger partial charge is 0.507 e. The second-order valence-corrected chi connectivity index (χ2v) is 5.29. The van der Waals surface area contributed by atoms with Gasteiger partial charge in [-0.1, -0.05) is 41.6 Å². The zero-order chi connectivity index (χ0) is 16.0. The van der Waals surface area contributed by atoms with Gasteiger partial charge in [-0.05, 0) is 17.7 Å². The number of carbonyl (C=O) groups is 2. The molecule has 6 heteroatoms. The number of rotatable bonds is 2. The highest BCUT2D eigenvalue weighted by molar-refractivity contribution is 6.27. The third kappa shape index (κ3) is 1.96. The molecule has 3 aromatic rings. The van der Waals surface area contributed by atoms with Gasteiger partial charge in [0.2, 0.25) is 11.6 Å². The van der Waals surface area contributed by atoms with Crippen molar-refractivity contribution in [2.45, 2.75) is 6.54 Å². The summed E-state index contributed by atoms with van der Waals surface area (Å²) >= 11 is 0. The van der Waals surface area contributed by atoms with Crippen LogP contribution in [0, 0.1) is 0 Å². The second kappa shape index (κ2) is 4.88. The molecule has 6 nitrogen and oxygen atoms in total. The Morgan fingerprint density at radius 1 is 0.957 bits per heavy atom. The quantitative estimate of drug-likeness (QED) is 0.610. The van der Waals surface area contributed by atoms with E-state index in [1.807, 2.05) is 30.3 Å². The van der Waals surface area contributed by atoms with E-state index >= 15 is 0 Å². The van der Waals surface area contributed by atoms with Crippen LogP contribution in [0.4, 0.5) is 0 Å². The van der Waals surface area contributed by atoms with Crippen molar-refractivity contribution in [2.24, 2.45) is 0 Å². The Balaban J connectivity index is 1.84. The lowest BCUT2D eigenvalue weighted by Crippen LogP contribution is -2.23. The summed E-state index contributed by atoms with van der Waals surface area (Å²) in [5.74, 6) is -1.05. The maximum absolute atomic E-state index is 12.7. The molecule has 1 aliphatic rings. The monoisotopic (exact) mass is 305 g/mol. The number of benzene rings is 2. The number of hydrogen-bond acceptors (Lipinski definition) is 5. The van der Waals surface area contributed by atoms with Crippen LogP contribution in [0.1, 0.15) is 37.7 Å². The summed E-state index contributed by atoms with van der Waals surface area (Å²) in [7, 11) is 0. The van der Waals surface area contributed by atoms with E-state index in [2.05, 4.69) is 10.3 Å². The maximum atomic E-state index is 12.7. The molecular weight excluding hydrogens is 294 g/mol. The lowest BCUT2D eigenvalue weighted by molar-refractivity contribution is 0.0968. The summed E-state index contributed by atoms with van der Waals surface area (Å²) in [4.78, 5) is 25.2. The number of aromatic nitrogens is 3. The van der Waals surface area contributed by atoms with Gasteiger partial charge >= 0.3 is 0 Å². The number of phenolic OH excluding ortho intramolecular Hbond substituents is 1. The number of ketones is 2. The molecule has 23 heavy (non-hydrogen) atoms. The number of nitrogens with zero attached hydrogens (tertiary/aromatic N) is 3. The van der Waals surface area contributed by atoms with E-state index in [0.29, 0.717) is 6.54 Å². The molecule has 1 heterocycles. The minimum Gasteiger partial charge on any atom is -0.507 e. The third-order valence-electron chi connectivity index (χ3n) is 3.85. The van der Waals surface area contributed by atoms with Crippen LogP contribution in [-0.4, -0.2) is 31.7 Å². The Bertz CT molecular complexity index is 945. The average molecular weight is 305 g/mol. The van der Waals surface area contributed by atoms with Crippen LogP contribution < -0.4 is 0 Å². The molecule has 0 atom stereocenters. The van der Waals surface area contributed by atoms with Gasteiger partial charge in [0, 0.05) is 5.56 Å².